The second-order valence-electron chi connectivity index (χ2n) is 8.37. The van der Waals surface area contributed by atoms with Crippen LogP contribution in [0.4, 0.5) is 0 Å². The number of carbonyl (C=O) groups excluding carboxylic acids is 1. The third-order valence-corrected chi connectivity index (χ3v) is 7.58. The molecule has 1 aromatic heterocycles. The lowest BCUT2D eigenvalue weighted by Gasteiger charge is -2.26. The maximum atomic E-state index is 13.9. The summed E-state index contributed by atoms with van der Waals surface area (Å²) in [6.45, 7) is 1.92. The average molecular weight is 565 g/mol. The fourth-order valence-electron chi connectivity index (χ4n) is 4.33. The van der Waals surface area contributed by atoms with E-state index in [1.807, 2.05) is 54.6 Å². The van der Waals surface area contributed by atoms with Gasteiger partial charge in [0.1, 0.15) is 5.75 Å². The first-order valence-corrected chi connectivity index (χ1v) is 13.4. The van der Waals surface area contributed by atoms with Crippen LogP contribution in [0.5, 0.6) is 5.75 Å². The highest BCUT2D eigenvalue weighted by atomic mass is 35.5. The molecule has 38 heavy (non-hydrogen) atoms. The van der Waals surface area contributed by atoms with Crippen LogP contribution >= 0.6 is 34.5 Å². The number of nitrogens with zero attached hydrogens (tertiary/aromatic N) is 2. The van der Waals surface area contributed by atoms with Crippen LogP contribution in [0.15, 0.2) is 88.2 Å². The zero-order valence-electron chi connectivity index (χ0n) is 20.5. The first-order chi connectivity index (χ1) is 18.4. The van der Waals surface area contributed by atoms with E-state index in [-0.39, 0.29) is 17.7 Å². The summed E-state index contributed by atoms with van der Waals surface area (Å²) in [7, 11) is 1.57. The molecule has 0 aliphatic carbocycles. The Bertz CT molecular complexity index is 1740. The monoisotopic (exact) mass is 564 g/mol. The summed E-state index contributed by atoms with van der Waals surface area (Å²) >= 11 is 13.7. The molecule has 9 heteroatoms. The van der Waals surface area contributed by atoms with Gasteiger partial charge in [0.05, 0.1) is 35.6 Å². The third kappa shape index (κ3) is 4.92. The van der Waals surface area contributed by atoms with E-state index in [0.29, 0.717) is 42.0 Å². The first kappa shape index (κ1) is 26.0. The zero-order chi connectivity index (χ0) is 26.8. The van der Waals surface area contributed by atoms with Crippen molar-refractivity contribution in [2.75, 3.05) is 13.7 Å². The Balaban J connectivity index is 1.84. The molecule has 0 N–H and O–H groups in total. The van der Waals surface area contributed by atoms with Crippen molar-refractivity contribution < 1.29 is 14.3 Å². The van der Waals surface area contributed by atoms with Gasteiger partial charge in [-0.15, -0.1) is 0 Å². The topological polar surface area (TPSA) is 69.9 Å². The molecule has 0 bridgehead atoms. The fraction of sp³-hybridized carbons (Fsp3) is 0.138. The number of carbonyl (C=O) groups is 1. The molecule has 3 aromatic carbocycles. The molecule has 4 aromatic rings. The van der Waals surface area contributed by atoms with E-state index < -0.39 is 12.0 Å². The Morgan fingerprint density at radius 1 is 1.08 bits per heavy atom. The molecule has 0 spiro atoms. The Hall–Kier alpha value is -3.65. The number of methoxy groups -OCH3 is 1. The lowest BCUT2D eigenvalue weighted by Crippen LogP contribution is -2.40. The van der Waals surface area contributed by atoms with Gasteiger partial charge in [0.15, 0.2) is 4.80 Å². The summed E-state index contributed by atoms with van der Waals surface area (Å²) in [5.41, 5.74) is 2.49. The number of halogens is 2. The van der Waals surface area contributed by atoms with Gasteiger partial charge < -0.3 is 9.47 Å². The summed E-state index contributed by atoms with van der Waals surface area (Å²) in [6, 6.07) is 21.0. The number of thiazole rings is 1. The average Bonchev–Trinajstić information content (AvgIpc) is 3.24. The molecule has 0 saturated carbocycles. The summed E-state index contributed by atoms with van der Waals surface area (Å²) in [5, 5.41) is 0.920. The molecule has 0 amide bonds. The van der Waals surface area contributed by atoms with Crippen molar-refractivity contribution in [2.45, 2.75) is 13.0 Å². The Morgan fingerprint density at radius 2 is 1.87 bits per heavy atom. The standard InChI is InChI=1S/C29H22Cl2N2O4S/c1-3-37-28(35)24-25(17-8-5-4-6-9-17)32-29-33(26(24)19-10-7-11-21(14-19)36-2)27(34)23(38-29)15-18-12-13-20(30)16-22(18)31/h4-16,26H,3H2,1-2H3/b23-15-/t26-/m1/s1. The van der Waals surface area contributed by atoms with E-state index in [4.69, 9.17) is 37.7 Å². The van der Waals surface area contributed by atoms with Gasteiger partial charge in [0.25, 0.3) is 5.56 Å². The van der Waals surface area contributed by atoms with Crippen LogP contribution in [0.25, 0.3) is 11.8 Å². The summed E-state index contributed by atoms with van der Waals surface area (Å²) < 4.78 is 12.9. The fourth-order valence-corrected chi connectivity index (χ4v) is 5.78. The first-order valence-electron chi connectivity index (χ1n) is 11.8. The highest BCUT2D eigenvalue weighted by molar-refractivity contribution is 7.07. The van der Waals surface area contributed by atoms with Crippen molar-refractivity contribution in [3.8, 4) is 5.75 Å². The van der Waals surface area contributed by atoms with E-state index in [9.17, 15) is 9.59 Å². The van der Waals surface area contributed by atoms with Gasteiger partial charge in [-0.3, -0.25) is 9.36 Å². The Morgan fingerprint density at radius 3 is 2.58 bits per heavy atom. The van der Waals surface area contributed by atoms with Gasteiger partial charge >= 0.3 is 5.97 Å². The Labute approximate surface area is 232 Å². The molecule has 0 unspecified atom stereocenters. The van der Waals surface area contributed by atoms with E-state index >= 15 is 0 Å². The SMILES string of the molecule is CCOC(=O)C1=C(c2ccccc2)N=c2s/c(=C\c3ccc(Cl)cc3Cl)c(=O)n2[C@@H]1c1cccc(OC)c1. The molecule has 5 rings (SSSR count). The van der Waals surface area contributed by atoms with Gasteiger partial charge in [-0.2, -0.15) is 0 Å². The number of ether oxygens (including phenoxy) is 2. The highest BCUT2D eigenvalue weighted by Gasteiger charge is 2.35. The van der Waals surface area contributed by atoms with Crippen molar-refractivity contribution in [3.63, 3.8) is 0 Å². The van der Waals surface area contributed by atoms with Gasteiger partial charge in [-0.1, -0.05) is 83.1 Å². The molecule has 192 valence electrons. The number of aromatic nitrogens is 1. The van der Waals surface area contributed by atoms with E-state index in [1.54, 1.807) is 38.3 Å². The zero-order valence-corrected chi connectivity index (χ0v) is 22.8. The third-order valence-electron chi connectivity index (χ3n) is 6.03. The van der Waals surface area contributed by atoms with Crippen LogP contribution in [-0.2, 0) is 9.53 Å². The van der Waals surface area contributed by atoms with E-state index in [1.165, 1.54) is 15.9 Å². The highest BCUT2D eigenvalue weighted by Crippen LogP contribution is 2.36. The minimum atomic E-state index is -0.793. The van der Waals surface area contributed by atoms with E-state index in [0.717, 1.165) is 5.56 Å². The van der Waals surface area contributed by atoms with Crippen molar-refractivity contribution >= 4 is 52.3 Å². The van der Waals surface area contributed by atoms with Crippen molar-refractivity contribution in [2.24, 2.45) is 4.99 Å². The minimum absolute atomic E-state index is 0.175. The second-order valence-corrected chi connectivity index (χ2v) is 10.2. The predicted octanol–water partition coefficient (Wildman–Crippen LogP) is 5.25. The van der Waals surface area contributed by atoms with Gasteiger partial charge in [0, 0.05) is 15.6 Å². The van der Waals surface area contributed by atoms with Crippen LogP contribution < -0.4 is 19.6 Å². The molecule has 1 atom stereocenters. The maximum absolute atomic E-state index is 13.9. The molecular weight excluding hydrogens is 543 g/mol. The number of hydrogen-bond donors (Lipinski definition) is 0. The maximum Gasteiger partial charge on any atom is 0.338 e. The molecule has 0 saturated heterocycles. The largest absolute Gasteiger partial charge is 0.497 e. The second kappa shape index (κ2) is 11.0. The molecule has 1 aliphatic rings. The van der Waals surface area contributed by atoms with Crippen LogP contribution in [-0.4, -0.2) is 24.3 Å². The van der Waals surface area contributed by atoms with Crippen molar-refractivity contribution in [1.82, 2.24) is 4.57 Å². The normalized spacial score (nSPS) is 15.2. The van der Waals surface area contributed by atoms with Gasteiger partial charge in [-0.05, 0) is 48.4 Å². The van der Waals surface area contributed by atoms with Crippen molar-refractivity contribution in [3.05, 3.63) is 125 Å². The molecule has 1 aliphatic heterocycles. The summed E-state index contributed by atoms with van der Waals surface area (Å²) in [4.78, 5) is 32.7. The van der Waals surface area contributed by atoms with Gasteiger partial charge in [-0.25, -0.2) is 9.79 Å². The van der Waals surface area contributed by atoms with Crippen LogP contribution in [0.2, 0.25) is 10.0 Å². The molecular formula is C29H22Cl2N2O4S. The smallest absolute Gasteiger partial charge is 0.338 e. The van der Waals surface area contributed by atoms with Gasteiger partial charge in [0.2, 0.25) is 0 Å². The predicted molar refractivity (Wildman–Crippen MR) is 151 cm³/mol. The van der Waals surface area contributed by atoms with Crippen LogP contribution in [0.3, 0.4) is 0 Å². The molecule has 6 nitrogen and oxygen atoms in total. The number of hydrogen-bond acceptors (Lipinski definition) is 6. The van der Waals surface area contributed by atoms with Crippen LogP contribution in [0, 0.1) is 0 Å². The quantitative estimate of drug-likeness (QED) is 0.300. The minimum Gasteiger partial charge on any atom is -0.497 e. The number of fused-ring (bicyclic) bond motifs is 1. The summed E-state index contributed by atoms with van der Waals surface area (Å²) in [5.74, 6) is 0.0528. The number of esters is 1. The Kier molecular flexibility index (Phi) is 7.51. The summed E-state index contributed by atoms with van der Waals surface area (Å²) in [6.07, 6.45) is 1.71. The lowest BCUT2D eigenvalue weighted by molar-refractivity contribution is -0.138. The molecule has 0 radical (unpaired) electrons. The molecule has 0 fully saturated rings. The number of rotatable bonds is 6. The van der Waals surface area contributed by atoms with E-state index in [2.05, 4.69) is 0 Å². The van der Waals surface area contributed by atoms with Crippen molar-refractivity contribution in [1.29, 1.82) is 0 Å². The number of benzene rings is 3. The van der Waals surface area contributed by atoms with Crippen LogP contribution in [0.1, 0.15) is 29.7 Å². The lowest BCUT2D eigenvalue weighted by atomic mass is 9.93. The molecule has 2 heterocycles.